The van der Waals surface area contributed by atoms with Crippen LogP contribution in [0.15, 0.2) is 35.2 Å². The van der Waals surface area contributed by atoms with Crippen molar-refractivity contribution in [2.45, 2.75) is 43.5 Å². The smallest absolute Gasteiger partial charge is 0.243 e. The molecule has 1 aromatic carbocycles. The summed E-state index contributed by atoms with van der Waals surface area (Å²) >= 11 is 0. The van der Waals surface area contributed by atoms with Crippen molar-refractivity contribution < 1.29 is 13.2 Å². The van der Waals surface area contributed by atoms with Gasteiger partial charge in [-0.2, -0.15) is 8.82 Å². The first-order valence-corrected chi connectivity index (χ1v) is 11.8. The van der Waals surface area contributed by atoms with Crippen LogP contribution < -0.4 is 9.64 Å². The largest absolute Gasteiger partial charge is 0.493 e. The molecule has 0 amide bonds. The zero-order valence-electron chi connectivity index (χ0n) is 18.1. The second-order valence-electron chi connectivity index (χ2n) is 9.18. The molecule has 1 saturated heterocycles. The lowest BCUT2D eigenvalue weighted by Crippen LogP contribution is -2.60. The number of rotatable bonds is 4. The Morgan fingerprint density at radius 3 is 2.65 bits per heavy atom. The summed E-state index contributed by atoms with van der Waals surface area (Å²) in [6.45, 7) is 7.98. The maximum absolute atomic E-state index is 13.1. The van der Waals surface area contributed by atoms with Gasteiger partial charge in [0.2, 0.25) is 10.0 Å². The van der Waals surface area contributed by atoms with Gasteiger partial charge in [0.05, 0.1) is 17.5 Å². The SMILES string of the molecule is CN(C1CN(c2ccc3nnc(C(C)(C)C)n3n2)C1)S(=O)(=O)c1ccc2c(c1)CCO2. The number of aromatic nitrogens is 4. The van der Waals surface area contributed by atoms with Crippen LogP contribution in [0.4, 0.5) is 5.82 Å². The summed E-state index contributed by atoms with van der Waals surface area (Å²) in [4.78, 5) is 2.38. The number of anilines is 1. The third-order valence-corrected chi connectivity index (χ3v) is 7.86. The van der Waals surface area contributed by atoms with Gasteiger partial charge in [-0.1, -0.05) is 20.8 Å². The van der Waals surface area contributed by atoms with E-state index < -0.39 is 10.0 Å². The molecule has 2 aliphatic heterocycles. The van der Waals surface area contributed by atoms with Gasteiger partial charge in [0.15, 0.2) is 11.5 Å². The Balaban J connectivity index is 1.33. The molecule has 0 atom stereocenters. The molecule has 2 aromatic heterocycles. The Morgan fingerprint density at radius 1 is 1.13 bits per heavy atom. The molecular formula is C21H26N6O3S. The van der Waals surface area contributed by atoms with Crippen LogP contribution in [0.3, 0.4) is 0 Å². The van der Waals surface area contributed by atoms with Crippen molar-refractivity contribution in [3.63, 3.8) is 0 Å². The topological polar surface area (TPSA) is 92.9 Å². The molecule has 1 fully saturated rings. The van der Waals surface area contributed by atoms with Crippen LogP contribution in [0.1, 0.15) is 32.2 Å². The highest BCUT2D eigenvalue weighted by molar-refractivity contribution is 7.89. The van der Waals surface area contributed by atoms with Crippen LogP contribution in [0.5, 0.6) is 5.75 Å². The average Bonchev–Trinajstić information content (AvgIpc) is 3.32. The van der Waals surface area contributed by atoms with E-state index in [1.165, 1.54) is 4.31 Å². The molecule has 5 rings (SSSR count). The quantitative estimate of drug-likeness (QED) is 0.609. The maximum atomic E-state index is 13.1. The van der Waals surface area contributed by atoms with Crippen molar-refractivity contribution in [1.82, 2.24) is 24.1 Å². The van der Waals surface area contributed by atoms with E-state index in [0.29, 0.717) is 30.2 Å². The van der Waals surface area contributed by atoms with Crippen LogP contribution in [0.2, 0.25) is 0 Å². The lowest BCUT2D eigenvalue weighted by atomic mass is 9.96. The van der Waals surface area contributed by atoms with Crippen LogP contribution in [0, 0.1) is 0 Å². The van der Waals surface area contributed by atoms with Gasteiger partial charge in [-0.25, -0.2) is 8.42 Å². The number of hydrogen-bond acceptors (Lipinski definition) is 7. The molecule has 164 valence electrons. The maximum Gasteiger partial charge on any atom is 0.243 e. The van der Waals surface area contributed by atoms with E-state index in [-0.39, 0.29) is 11.5 Å². The van der Waals surface area contributed by atoms with Gasteiger partial charge < -0.3 is 9.64 Å². The summed E-state index contributed by atoms with van der Waals surface area (Å²) in [5, 5.41) is 13.2. The Labute approximate surface area is 181 Å². The van der Waals surface area contributed by atoms with Crippen molar-refractivity contribution in [2.24, 2.45) is 0 Å². The third-order valence-electron chi connectivity index (χ3n) is 5.96. The van der Waals surface area contributed by atoms with Crippen LogP contribution >= 0.6 is 0 Å². The summed E-state index contributed by atoms with van der Waals surface area (Å²) in [6.07, 6.45) is 0.743. The van der Waals surface area contributed by atoms with Gasteiger partial charge in [-0.15, -0.1) is 15.3 Å². The van der Waals surface area contributed by atoms with E-state index in [2.05, 4.69) is 35.9 Å². The third kappa shape index (κ3) is 3.34. The lowest BCUT2D eigenvalue weighted by Gasteiger charge is -2.43. The number of likely N-dealkylation sites (N-methyl/N-ethyl adjacent to an activating group) is 1. The summed E-state index contributed by atoms with van der Waals surface area (Å²) in [6, 6.07) is 8.80. The summed E-state index contributed by atoms with van der Waals surface area (Å²) in [5.74, 6) is 2.36. The second kappa shape index (κ2) is 6.89. The highest BCUT2D eigenvalue weighted by Crippen LogP contribution is 2.31. The van der Waals surface area contributed by atoms with E-state index in [4.69, 9.17) is 9.84 Å². The monoisotopic (exact) mass is 442 g/mol. The first-order chi connectivity index (χ1) is 14.6. The molecule has 0 saturated carbocycles. The first-order valence-electron chi connectivity index (χ1n) is 10.4. The number of fused-ring (bicyclic) bond motifs is 2. The van der Waals surface area contributed by atoms with E-state index in [9.17, 15) is 8.42 Å². The predicted molar refractivity (Wildman–Crippen MR) is 116 cm³/mol. The Kier molecular flexibility index (Phi) is 4.49. The van der Waals surface area contributed by atoms with Gasteiger partial charge in [-0.05, 0) is 35.9 Å². The highest BCUT2D eigenvalue weighted by Gasteiger charge is 2.38. The van der Waals surface area contributed by atoms with Crippen molar-refractivity contribution in [1.29, 1.82) is 0 Å². The molecule has 9 nitrogen and oxygen atoms in total. The molecule has 4 heterocycles. The lowest BCUT2D eigenvalue weighted by molar-refractivity contribution is 0.308. The number of benzene rings is 1. The van der Waals surface area contributed by atoms with Gasteiger partial charge in [-0.3, -0.25) is 0 Å². The fraction of sp³-hybridized carbons (Fsp3) is 0.476. The predicted octanol–water partition coefficient (Wildman–Crippen LogP) is 1.87. The Hall–Kier alpha value is -2.72. The second-order valence-corrected chi connectivity index (χ2v) is 11.2. The van der Waals surface area contributed by atoms with E-state index in [1.807, 2.05) is 12.1 Å². The Bertz CT molecular complexity index is 1260. The van der Waals surface area contributed by atoms with Crippen molar-refractivity contribution in [3.8, 4) is 5.75 Å². The molecule has 3 aromatic rings. The zero-order chi connectivity index (χ0) is 22.0. The van der Waals surface area contributed by atoms with E-state index in [1.54, 1.807) is 29.8 Å². The fourth-order valence-corrected chi connectivity index (χ4v) is 5.36. The minimum Gasteiger partial charge on any atom is -0.493 e. The normalized spacial score (nSPS) is 17.1. The standard InChI is InChI=1S/C21H26N6O3S/c1-21(2,3)20-23-22-18-7-8-19(24-27(18)20)26-12-15(13-26)25(4)31(28,29)16-5-6-17-14(11-16)9-10-30-17/h5-8,11,15H,9-10,12-13H2,1-4H3. The average molecular weight is 443 g/mol. The minimum absolute atomic E-state index is 0.116. The molecule has 0 N–H and O–H groups in total. The molecule has 0 aliphatic carbocycles. The number of nitrogens with zero attached hydrogens (tertiary/aromatic N) is 6. The summed E-state index contributed by atoms with van der Waals surface area (Å²) in [5.41, 5.74) is 1.47. The number of sulfonamides is 1. The van der Waals surface area contributed by atoms with Crippen LogP contribution in [-0.4, -0.2) is 65.3 Å². The molecule has 10 heteroatoms. The van der Waals surface area contributed by atoms with E-state index in [0.717, 1.165) is 29.4 Å². The minimum atomic E-state index is -3.57. The molecule has 0 spiro atoms. The molecule has 0 unspecified atom stereocenters. The molecular weight excluding hydrogens is 416 g/mol. The van der Waals surface area contributed by atoms with Crippen molar-refractivity contribution in [2.75, 3.05) is 31.6 Å². The molecule has 0 bridgehead atoms. The van der Waals surface area contributed by atoms with E-state index >= 15 is 0 Å². The molecule has 2 aliphatic rings. The molecule has 0 radical (unpaired) electrons. The zero-order valence-corrected chi connectivity index (χ0v) is 18.9. The highest BCUT2D eigenvalue weighted by atomic mass is 32.2. The van der Waals surface area contributed by atoms with Gasteiger partial charge in [0.1, 0.15) is 11.6 Å². The number of hydrogen-bond donors (Lipinski definition) is 0. The van der Waals surface area contributed by atoms with Gasteiger partial charge >= 0.3 is 0 Å². The number of ether oxygens (including phenoxy) is 1. The van der Waals surface area contributed by atoms with Crippen LogP contribution in [-0.2, 0) is 21.9 Å². The van der Waals surface area contributed by atoms with Crippen LogP contribution in [0.25, 0.3) is 5.65 Å². The summed E-state index contributed by atoms with van der Waals surface area (Å²) in [7, 11) is -1.92. The fourth-order valence-electron chi connectivity index (χ4n) is 3.97. The van der Waals surface area contributed by atoms with Gasteiger partial charge in [0, 0.05) is 32.0 Å². The Morgan fingerprint density at radius 2 is 1.90 bits per heavy atom. The first kappa shape index (κ1) is 20.2. The van der Waals surface area contributed by atoms with Crippen molar-refractivity contribution in [3.05, 3.63) is 41.7 Å². The molecule has 31 heavy (non-hydrogen) atoms. The van der Waals surface area contributed by atoms with Crippen molar-refractivity contribution >= 4 is 21.5 Å². The summed E-state index contributed by atoms with van der Waals surface area (Å²) < 4.78 is 35.0. The van der Waals surface area contributed by atoms with Gasteiger partial charge in [0.25, 0.3) is 0 Å².